The first-order chi connectivity index (χ1) is 12.9. The van der Waals surface area contributed by atoms with Crippen LogP contribution in [0.4, 0.5) is 0 Å². The zero-order valence-corrected chi connectivity index (χ0v) is 17.3. The zero-order valence-electron chi connectivity index (χ0n) is 15.6. The number of benzene rings is 3. The molecule has 1 nitrogen and oxygen atoms in total. The van der Waals surface area contributed by atoms with Crippen molar-refractivity contribution in [3.63, 3.8) is 0 Å². The molecule has 28 heavy (non-hydrogen) atoms. The topological polar surface area (TPSA) is 3.24 Å². The van der Waals surface area contributed by atoms with Gasteiger partial charge in [0.25, 0.3) is 0 Å². The maximum atomic E-state index is 2.63. The Morgan fingerprint density at radius 1 is 0.679 bits per heavy atom. The molecule has 3 aromatic rings. The normalized spacial score (nSPS) is 18.1. The average molecular weight is 410 g/mol. The summed E-state index contributed by atoms with van der Waals surface area (Å²) in [5, 5.41) is 0. The van der Waals surface area contributed by atoms with E-state index < -0.39 is 0 Å². The van der Waals surface area contributed by atoms with Gasteiger partial charge in [-0.1, -0.05) is 97.1 Å². The minimum absolute atomic E-state index is 0. The summed E-state index contributed by atoms with van der Waals surface area (Å²) in [5.74, 6) is 1.29. The van der Waals surface area contributed by atoms with E-state index in [4.69, 9.17) is 0 Å². The molecule has 2 aliphatic rings. The maximum Gasteiger partial charge on any atom is 0.0602 e. The molecule has 0 saturated carbocycles. The summed E-state index contributed by atoms with van der Waals surface area (Å²) in [7, 11) is 0. The average Bonchev–Trinajstić information content (AvgIpc) is 3.09. The van der Waals surface area contributed by atoms with Crippen molar-refractivity contribution in [2.45, 2.75) is 12.0 Å². The van der Waals surface area contributed by atoms with E-state index in [1.54, 1.807) is 0 Å². The van der Waals surface area contributed by atoms with E-state index in [0.29, 0.717) is 17.9 Å². The van der Waals surface area contributed by atoms with Gasteiger partial charge in [0.2, 0.25) is 0 Å². The van der Waals surface area contributed by atoms with Crippen molar-refractivity contribution in [2.24, 2.45) is 5.92 Å². The highest BCUT2D eigenvalue weighted by Crippen LogP contribution is 2.43. The monoisotopic (exact) mass is 409 g/mol. The zero-order chi connectivity index (χ0) is 17.3. The summed E-state index contributed by atoms with van der Waals surface area (Å²) in [6.07, 6.45) is 4.71. The molecular formula is C25H25Cl2N. The highest BCUT2D eigenvalue weighted by atomic mass is 35.5. The molecule has 3 heteroatoms. The van der Waals surface area contributed by atoms with Gasteiger partial charge in [0.15, 0.2) is 0 Å². The minimum atomic E-state index is 0. The highest BCUT2D eigenvalue weighted by molar-refractivity contribution is 5.85. The van der Waals surface area contributed by atoms with Gasteiger partial charge in [0, 0.05) is 19.0 Å². The predicted molar refractivity (Wildman–Crippen MR) is 123 cm³/mol. The second kappa shape index (κ2) is 8.96. The number of hydrogen-bond donors (Lipinski definition) is 0. The Kier molecular flexibility index (Phi) is 6.61. The molecule has 0 aromatic heterocycles. The molecule has 3 aromatic carbocycles. The summed E-state index contributed by atoms with van der Waals surface area (Å²) in [5.41, 5.74) is 5.69. The number of likely N-dealkylation sites (tertiary alicyclic amines) is 1. The van der Waals surface area contributed by atoms with Crippen LogP contribution >= 0.6 is 24.8 Å². The molecule has 0 amide bonds. The van der Waals surface area contributed by atoms with Crippen LogP contribution in [0, 0.1) is 5.92 Å². The molecule has 144 valence electrons. The molecule has 1 aliphatic carbocycles. The van der Waals surface area contributed by atoms with E-state index in [2.05, 4.69) is 102 Å². The molecule has 1 saturated heterocycles. The van der Waals surface area contributed by atoms with Crippen LogP contribution < -0.4 is 0 Å². The number of nitrogens with zero attached hydrogens (tertiary/aromatic N) is 1. The molecule has 0 bridgehead atoms. The van der Waals surface area contributed by atoms with Crippen molar-refractivity contribution in [3.8, 4) is 0 Å². The van der Waals surface area contributed by atoms with Crippen LogP contribution in [-0.4, -0.2) is 18.0 Å². The first kappa shape index (κ1) is 20.7. The van der Waals surface area contributed by atoms with Crippen LogP contribution in [-0.2, 0) is 0 Å². The fraction of sp³-hybridized carbons (Fsp3) is 0.200. The molecule has 1 fully saturated rings. The first-order valence-electron chi connectivity index (χ1n) is 9.51. The van der Waals surface area contributed by atoms with Crippen LogP contribution in [0.25, 0.3) is 6.08 Å². The Balaban J connectivity index is 0.00000112. The van der Waals surface area contributed by atoms with Crippen LogP contribution in [0.2, 0.25) is 0 Å². The van der Waals surface area contributed by atoms with Crippen molar-refractivity contribution < 1.29 is 0 Å². The predicted octanol–water partition coefficient (Wildman–Crippen LogP) is 6.36. The smallest absolute Gasteiger partial charge is 0.0602 e. The lowest BCUT2D eigenvalue weighted by Gasteiger charge is -2.47. The largest absolute Gasteiger partial charge is 0.292 e. The molecular weight excluding hydrogens is 385 g/mol. The second-order valence-electron chi connectivity index (χ2n) is 7.45. The van der Waals surface area contributed by atoms with Gasteiger partial charge in [-0.15, -0.1) is 24.8 Å². The molecule has 1 heterocycles. The van der Waals surface area contributed by atoms with Gasteiger partial charge in [-0.05, 0) is 28.2 Å². The Hall–Kier alpha value is -2.06. The quantitative estimate of drug-likeness (QED) is 0.484. The van der Waals surface area contributed by atoms with Crippen LogP contribution in [0.5, 0.6) is 0 Å². The van der Waals surface area contributed by atoms with Crippen molar-refractivity contribution in [1.82, 2.24) is 4.90 Å². The van der Waals surface area contributed by atoms with Crippen molar-refractivity contribution in [1.29, 1.82) is 0 Å². The van der Waals surface area contributed by atoms with E-state index in [1.165, 1.54) is 22.3 Å². The fourth-order valence-corrected chi connectivity index (χ4v) is 4.56. The molecule has 5 rings (SSSR count). The van der Waals surface area contributed by atoms with E-state index in [1.807, 2.05) is 0 Å². The van der Waals surface area contributed by atoms with E-state index in [-0.39, 0.29) is 24.8 Å². The molecule has 1 aliphatic heterocycles. The number of fused-ring (bicyclic) bond motifs is 1. The summed E-state index contributed by atoms with van der Waals surface area (Å²) >= 11 is 0. The third-order valence-electron chi connectivity index (χ3n) is 5.88. The van der Waals surface area contributed by atoms with E-state index >= 15 is 0 Å². The van der Waals surface area contributed by atoms with Gasteiger partial charge in [-0.25, -0.2) is 0 Å². The Morgan fingerprint density at radius 2 is 1.21 bits per heavy atom. The lowest BCUT2D eigenvalue weighted by molar-refractivity contribution is 0.0607. The van der Waals surface area contributed by atoms with Crippen molar-refractivity contribution in [3.05, 3.63) is 113 Å². The molecule has 0 radical (unpaired) electrons. The van der Waals surface area contributed by atoms with E-state index in [0.717, 1.165) is 13.1 Å². The molecule has 0 N–H and O–H groups in total. The van der Waals surface area contributed by atoms with E-state index in [9.17, 15) is 0 Å². The SMILES string of the molecule is C1=CC(C2CN(C(c3ccccc3)c3ccccc3)C2)c2ccccc21.Cl.Cl. The second-order valence-corrected chi connectivity index (χ2v) is 7.45. The van der Waals surface area contributed by atoms with Crippen LogP contribution in [0.15, 0.2) is 91.0 Å². The number of halogens is 2. The number of hydrogen-bond acceptors (Lipinski definition) is 1. The third-order valence-corrected chi connectivity index (χ3v) is 5.88. The maximum absolute atomic E-state index is 2.63. The fourth-order valence-electron chi connectivity index (χ4n) is 4.56. The number of allylic oxidation sites excluding steroid dienone is 1. The lowest BCUT2D eigenvalue weighted by Crippen LogP contribution is -2.50. The summed E-state index contributed by atoms with van der Waals surface area (Å²) < 4.78 is 0. The van der Waals surface area contributed by atoms with Gasteiger partial charge in [-0.3, -0.25) is 4.90 Å². The van der Waals surface area contributed by atoms with Crippen molar-refractivity contribution in [2.75, 3.05) is 13.1 Å². The molecule has 1 unspecified atom stereocenters. The third kappa shape index (κ3) is 3.75. The molecule has 0 spiro atoms. The Bertz CT molecular complexity index is 878. The van der Waals surface area contributed by atoms with Gasteiger partial charge in [0.05, 0.1) is 6.04 Å². The molecule has 1 atom stereocenters. The minimum Gasteiger partial charge on any atom is -0.292 e. The summed E-state index contributed by atoms with van der Waals surface area (Å²) in [4.78, 5) is 2.63. The Labute approximate surface area is 179 Å². The first-order valence-corrected chi connectivity index (χ1v) is 9.51. The van der Waals surface area contributed by atoms with Crippen LogP contribution in [0.1, 0.15) is 34.2 Å². The summed E-state index contributed by atoms with van der Waals surface area (Å²) in [6.45, 7) is 2.30. The van der Waals surface area contributed by atoms with Gasteiger partial charge < -0.3 is 0 Å². The highest BCUT2D eigenvalue weighted by Gasteiger charge is 2.39. The standard InChI is InChI=1S/C25H23N.2ClH/c1-3-10-20(11-4-1)25(21-12-5-2-6-13-21)26-17-22(18-26)24-16-15-19-9-7-8-14-23(19)24;;/h1-16,22,24-25H,17-18H2;2*1H. The van der Waals surface area contributed by atoms with Gasteiger partial charge in [0.1, 0.15) is 0 Å². The van der Waals surface area contributed by atoms with Crippen molar-refractivity contribution >= 4 is 30.9 Å². The van der Waals surface area contributed by atoms with Gasteiger partial charge in [-0.2, -0.15) is 0 Å². The number of rotatable bonds is 4. The summed E-state index contributed by atoms with van der Waals surface area (Å²) in [6, 6.07) is 31.0. The lowest BCUT2D eigenvalue weighted by atomic mass is 9.80. The van der Waals surface area contributed by atoms with Crippen LogP contribution in [0.3, 0.4) is 0 Å². The Morgan fingerprint density at radius 3 is 1.82 bits per heavy atom. The van der Waals surface area contributed by atoms with Gasteiger partial charge >= 0.3 is 0 Å².